The lowest BCUT2D eigenvalue weighted by Crippen LogP contribution is -2.32. The third kappa shape index (κ3) is 3.97. The van der Waals surface area contributed by atoms with E-state index >= 15 is 0 Å². The van der Waals surface area contributed by atoms with Gasteiger partial charge in [-0.05, 0) is 66.8 Å². The summed E-state index contributed by atoms with van der Waals surface area (Å²) >= 11 is 0. The molecule has 1 amide bonds. The molecule has 2 N–H and O–H groups in total. The van der Waals surface area contributed by atoms with Crippen LogP contribution in [0.25, 0.3) is 10.9 Å². The Balaban J connectivity index is 1.39. The Morgan fingerprint density at radius 2 is 1.93 bits per heavy atom. The van der Waals surface area contributed by atoms with Crippen molar-refractivity contribution in [2.75, 3.05) is 23.3 Å². The second-order valence-electron chi connectivity index (χ2n) is 7.45. The number of halogens is 1. The summed E-state index contributed by atoms with van der Waals surface area (Å²) in [5.41, 5.74) is 3.57. The minimum Gasteiger partial charge on any atom is -0.372 e. The van der Waals surface area contributed by atoms with Gasteiger partial charge in [0.25, 0.3) is 0 Å². The molecule has 1 aliphatic rings. The summed E-state index contributed by atoms with van der Waals surface area (Å²) in [7, 11) is 0. The van der Waals surface area contributed by atoms with Crippen molar-refractivity contribution in [1.29, 1.82) is 0 Å². The van der Waals surface area contributed by atoms with Crippen molar-refractivity contribution in [3.8, 4) is 0 Å². The highest BCUT2D eigenvalue weighted by atomic mass is 19.1. The number of carbonyl (C=O) groups is 1. The molecular formula is C22H24FN3O. The van der Waals surface area contributed by atoms with Gasteiger partial charge in [-0.15, -0.1) is 0 Å². The van der Waals surface area contributed by atoms with Gasteiger partial charge in [-0.3, -0.25) is 4.79 Å². The van der Waals surface area contributed by atoms with Gasteiger partial charge in [0.1, 0.15) is 5.82 Å². The Bertz CT molecular complexity index is 940. The van der Waals surface area contributed by atoms with Crippen molar-refractivity contribution < 1.29 is 9.18 Å². The van der Waals surface area contributed by atoms with E-state index < -0.39 is 0 Å². The minimum atomic E-state index is -0.288. The molecule has 0 aliphatic carbocycles. The van der Waals surface area contributed by atoms with E-state index in [2.05, 4.69) is 34.3 Å². The van der Waals surface area contributed by atoms with Crippen molar-refractivity contribution in [2.45, 2.75) is 26.2 Å². The molecule has 1 aromatic heterocycles. The lowest BCUT2D eigenvalue weighted by Gasteiger charge is -2.32. The summed E-state index contributed by atoms with van der Waals surface area (Å²) in [6.07, 6.45) is 4.47. The summed E-state index contributed by atoms with van der Waals surface area (Å²) in [5, 5.41) is 3.82. The first kappa shape index (κ1) is 17.6. The number of carbonyl (C=O) groups excluding carboxylic acids is 1. The van der Waals surface area contributed by atoms with Crippen LogP contribution in [0.5, 0.6) is 0 Å². The van der Waals surface area contributed by atoms with Crippen LogP contribution in [0, 0.1) is 11.7 Å². The summed E-state index contributed by atoms with van der Waals surface area (Å²) in [6.45, 7) is 4.49. The molecule has 27 heavy (non-hydrogen) atoms. The zero-order chi connectivity index (χ0) is 18.8. The van der Waals surface area contributed by atoms with E-state index in [9.17, 15) is 9.18 Å². The van der Waals surface area contributed by atoms with Gasteiger partial charge < -0.3 is 15.2 Å². The van der Waals surface area contributed by atoms with Crippen molar-refractivity contribution in [3.05, 3.63) is 60.0 Å². The Labute approximate surface area is 158 Å². The summed E-state index contributed by atoms with van der Waals surface area (Å²) in [6, 6.07) is 12.6. The normalized spacial score (nSPS) is 15.3. The molecule has 5 heteroatoms. The molecule has 0 saturated carbocycles. The van der Waals surface area contributed by atoms with Gasteiger partial charge in [-0.25, -0.2) is 4.39 Å². The third-order valence-corrected chi connectivity index (χ3v) is 5.38. The molecule has 1 saturated heterocycles. The van der Waals surface area contributed by atoms with Crippen LogP contribution in [-0.4, -0.2) is 24.0 Å². The molecule has 0 unspecified atom stereocenters. The van der Waals surface area contributed by atoms with E-state index in [4.69, 9.17) is 0 Å². The summed E-state index contributed by atoms with van der Waals surface area (Å²) in [4.78, 5) is 17.8. The topological polar surface area (TPSA) is 48.1 Å². The maximum atomic E-state index is 13.3. The number of aromatic amines is 1. The van der Waals surface area contributed by atoms with Gasteiger partial charge in [0.2, 0.25) is 5.91 Å². The highest BCUT2D eigenvalue weighted by molar-refractivity contribution is 5.95. The van der Waals surface area contributed by atoms with Gasteiger partial charge in [0, 0.05) is 41.6 Å². The number of piperidine rings is 1. The predicted molar refractivity (Wildman–Crippen MR) is 108 cm³/mol. The summed E-state index contributed by atoms with van der Waals surface area (Å²) in [5.74, 6) is 0.434. The van der Waals surface area contributed by atoms with E-state index in [-0.39, 0.29) is 18.1 Å². The Morgan fingerprint density at radius 1 is 1.19 bits per heavy atom. The van der Waals surface area contributed by atoms with Gasteiger partial charge in [0.15, 0.2) is 0 Å². The van der Waals surface area contributed by atoms with Crippen LogP contribution >= 0.6 is 0 Å². The molecule has 0 bridgehead atoms. The third-order valence-electron chi connectivity index (χ3n) is 5.38. The van der Waals surface area contributed by atoms with Crippen LogP contribution in [-0.2, 0) is 11.2 Å². The average molecular weight is 365 g/mol. The zero-order valence-corrected chi connectivity index (χ0v) is 15.5. The van der Waals surface area contributed by atoms with Crippen LogP contribution in [0.1, 0.15) is 25.3 Å². The molecular weight excluding hydrogens is 341 g/mol. The molecule has 0 atom stereocenters. The first-order chi connectivity index (χ1) is 13.1. The SMILES string of the molecule is CC1CCN(c2ccc(NC(=O)Cc3c[nH]c4cc(F)ccc34)cc2)CC1. The number of aromatic nitrogens is 1. The van der Waals surface area contributed by atoms with E-state index in [0.717, 1.165) is 35.6 Å². The summed E-state index contributed by atoms with van der Waals surface area (Å²) < 4.78 is 13.3. The van der Waals surface area contributed by atoms with Gasteiger partial charge in [-0.1, -0.05) is 6.92 Å². The number of amides is 1. The standard InChI is InChI=1S/C22H24FN3O/c1-15-8-10-26(11-9-15)19-5-3-18(4-6-19)25-22(27)12-16-14-24-21-13-17(23)2-7-20(16)21/h2-7,13-15,24H,8-12H2,1H3,(H,25,27). The van der Waals surface area contributed by atoms with Crippen molar-refractivity contribution in [1.82, 2.24) is 4.98 Å². The maximum absolute atomic E-state index is 13.3. The van der Waals surface area contributed by atoms with Crippen LogP contribution in [0.15, 0.2) is 48.7 Å². The van der Waals surface area contributed by atoms with Crippen LogP contribution < -0.4 is 10.2 Å². The average Bonchev–Trinajstić information content (AvgIpc) is 3.05. The first-order valence-electron chi connectivity index (χ1n) is 9.49. The fourth-order valence-electron chi connectivity index (χ4n) is 3.71. The number of anilines is 2. The van der Waals surface area contributed by atoms with E-state index in [1.54, 1.807) is 12.3 Å². The monoisotopic (exact) mass is 365 g/mol. The maximum Gasteiger partial charge on any atom is 0.228 e. The van der Waals surface area contributed by atoms with E-state index in [1.165, 1.54) is 30.7 Å². The number of fused-ring (bicyclic) bond motifs is 1. The van der Waals surface area contributed by atoms with Crippen molar-refractivity contribution in [2.24, 2.45) is 5.92 Å². The minimum absolute atomic E-state index is 0.0835. The number of nitrogens with one attached hydrogen (secondary N) is 2. The highest BCUT2D eigenvalue weighted by Gasteiger charge is 2.16. The smallest absolute Gasteiger partial charge is 0.228 e. The number of nitrogens with zero attached hydrogens (tertiary/aromatic N) is 1. The quantitative estimate of drug-likeness (QED) is 0.702. The second-order valence-corrected chi connectivity index (χ2v) is 7.45. The molecule has 0 radical (unpaired) electrons. The number of hydrogen-bond donors (Lipinski definition) is 2. The van der Waals surface area contributed by atoms with Crippen LogP contribution in [0.2, 0.25) is 0 Å². The predicted octanol–water partition coefficient (Wildman–Crippen LogP) is 4.72. The van der Waals surface area contributed by atoms with Gasteiger partial charge >= 0.3 is 0 Å². The fourth-order valence-corrected chi connectivity index (χ4v) is 3.71. The molecule has 3 aromatic rings. The Morgan fingerprint density at radius 3 is 2.67 bits per heavy atom. The molecule has 2 heterocycles. The molecule has 1 aliphatic heterocycles. The van der Waals surface area contributed by atoms with Crippen molar-refractivity contribution in [3.63, 3.8) is 0 Å². The van der Waals surface area contributed by atoms with Gasteiger partial charge in [-0.2, -0.15) is 0 Å². The molecule has 1 fully saturated rings. The lowest BCUT2D eigenvalue weighted by atomic mass is 9.99. The van der Waals surface area contributed by atoms with Crippen LogP contribution in [0.4, 0.5) is 15.8 Å². The van der Waals surface area contributed by atoms with Crippen LogP contribution in [0.3, 0.4) is 0 Å². The number of rotatable bonds is 4. The zero-order valence-electron chi connectivity index (χ0n) is 15.5. The lowest BCUT2D eigenvalue weighted by molar-refractivity contribution is -0.115. The largest absolute Gasteiger partial charge is 0.372 e. The number of hydrogen-bond acceptors (Lipinski definition) is 2. The number of benzene rings is 2. The molecule has 0 spiro atoms. The van der Waals surface area contributed by atoms with E-state index in [0.29, 0.717) is 5.52 Å². The fraction of sp³-hybridized carbons (Fsp3) is 0.318. The highest BCUT2D eigenvalue weighted by Crippen LogP contribution is 2.25. The van der Waals surface area contributed by atoms with Crippen molar-refractivity contribution >= 4 is 28.2 Å². The molecule has 2 aromatic carbocycles. The van der Waals surface area contributed by atoms with Gasteiger partial charge in [0.05, 0.1) is 6.42 Å². The Hall–Kier alpha value is -2.82. The Kier molecular flexibility index (Phi) is 4.84. The van der Waals surface area contributed by atoms with E-state index in [1.807, 2.05) is 12.1 Å². The number of H-pyrrole nitrogens is 1. The molecule has 4 rings (SSSR count). The first-order valence-corrected chi connectivity index (χ1v) is 9.49. The molecule has 4 nitrogen and oxygen atoms in total. The molecule has 140 valence electrons. The second kappa shape index (κ2) is 7.43.